The number of rotatable bonds is 3. The first-order valence-electron chi connectivity index (χ1n) is 4.16. The van der Waals surface area contributed by atoms with Crippen molar-refractivity contribution >= 4 is 5.78 Å². The average molecular weight is 157 g/mol. The van der Waals surface area contributed by atoms with E-state index in [1.165, 1.54) is 0 Å². The van der Waals surface area contributed by atoms with E-state index in [-0.39, 0.29) is 18.3 Å². The summed E-state index contributed by atoms with van der Waals surface area (Å²) in [7, 11) is 0. The molecule has 1 atom stereocenters. The molecule has 3 heteroatoms. The molecule has 1 aliphatic carbocycles. The van der Waals surface area contributed by atoms with Crippen LogP contribution in [0.1, 0.15) is 25.7 Å². The normalized spacial score (nSPS) is 22.0. The van der Waals surface area contributed by atoms with Crippen LogP contribution in [0.3, 0.4) is 0 Å². The van der Waals surface area contributed by atoms with Gasteiger partial charge in [0.15, 0.2) is 5.78 Å². The molecule has 0 heterocycles. The van der Waals surface area contributed by atoms with E-state index >= 15 is 0 Å². The highest BCUT2D eigenvalue weighted by Crippen LogP contribution is 2.25. The Bertz CT molecular complexity index is 141. The van der Waals surface area contributed by atoms with Crippen molar-refractivity contribution in [2.45, 2.75) is 31.7 Å². The van der Waals surface area contributed by atoms with Crippen molar-refractivity contribution < 1.29 is 9.90 Å². The SMILES string of the molecule is NC(CO)C(=O)C1CCCC1. The second-order valence-corrected chi connectivity index (χ2v) is 3.17. The van der Waals surface area contributed by atoms with Crippen LogP contribution < -0.4 is 5.73 Å². The summed E-state index contributed by atoms with van der Waals surface area (Å²) in [6, 6.07) is -0.641. The number of aliphatic hydroxyl groups excluding tert-OH is 1. The quantitative estimate of drug-likeness (QED) is 0.609. The zero-order chi connectivity index (χ0) is 8.27. The Hall–Kier alpha value is -0.410. The van der Waals surface area contributed by atoms with E-state index in [1.54, 1.807) is 0 Å². The molecule has 0 aromatic carbocycles. The number of hydrogen-bond donors (Lipinski definition) is 2. The van der Waals surface area contributed by atoms with E-state index in [1.807, 2.05) is 0 Å². The van der Waals surface area contributed by atoms with Gasteiger partial charge in [-0.2, -0.15) is 0 Å². The molecule has 0 aliphatic heterocycles. The standard InChI is InChI=1S/C8H15NO2/c9-7(5-10)8(11)6-3-1-2-4-6/h6-7,10H,1-5,9H2. The van der Waals surface area contributed by atoms with Crippen molar-refractivity contribution in [1.29, 1.82) is 0 Å². The van der Waals surface area contributed by atoms with Crippen LogP contribution in [0.25, 0.3) is 0 Å². The molecule has 11 heavy (non-hydrogen) atoms. The van der Waals surface area contributed by atoms with E-state index in [0.717, 1.165) is 25.7 Å². The molecule has 1 fully saturated rings. The maximum atomic E-state index is 11.3. The van der Waals surface area contributed by atoms with Crippen LogP contribution in [0.5, 0.6) is 0 Å². The van der Waals surface area contributed by atoms with Gasteiger partial charge in [-0.3, -0.25) is 4.79 Å². The van der Waals surface area contributed by atoms with Crippen molar-refractivity contribution in [2.75, 3.05) is 6.61 Å². The van der Waals surface area contributed by atoms with Gasteiger partial charge >= 0.3 is 0 Å². The number of aliphatic hydroxyl groups is 1. The summed E-state index contributed by atoms with van der Waals surface area (Å²) in [6.07, 6.45) is 4.20. The maximum Gasteiger partial charge on any atom is 0.154 e. The smallest absolute Gasteiger partial charge is 0.154 e. The van der Waals surface area contributed by atoms with Crippen molar-refractivity contribution in [3.63, 3.8) is 0 Å². The first-order valence-corrected chi connectivity index (χ1v) is 4.16. The summed E-state index contributed by atoms with van der Waals surface area (Å²) in [4.78, 5) is 11.3. The first kappa shape index (κ1) is 8.68. The number of Topliss-reactive ketones (excluding diaryl/α,β-unsaturated/α-hetero) is 1. The van der Waals surface area contributed by atoms with Gasteiger partial charge in [-0.1, -0.05) is 12.8 Å². The third-order valence-corrected chi connectivity index (χ3v) is 2.32. The van der Waals surface area contributed by atoms with Gasteiger partial charge in [-0.25, -0.2) is 0 Å². The minimum absolute atomic E-state index is 0.0463. The van der Waals surface area contributed by atoms with E-state index in [9.17, 15) is 4.79 Å². The van der Waals surface area contributed by atoms with Crippen LogP contribution in [0, 0.1) is 5.92 Å². The van der Waals surface area contributed by atoms with Gasteiger partial charge in [0.1, 0.15) is 0 Å². The van der Waals surface area contributed by atoms with Crippen LogP contribution in [-0.4, -0.2) is 23.5 Å². The number of carbonyl (C=O) groups is 1. The lowest BCUT2D eigenvalue weighted by Gasteiger charge is -2.11. The lowest BCUT2D eigenvalue weighted by atomic mass is 9.98. The van der Waals surface area contributed by atoms with Crippen LogP contribution >= 0.6 is 0 Å². The molecule has 3 N–H and O–H groups in total. The highest BCUT2D eigenvalue weighted by atomic mass is 16.3. The van der Waals surface area contributed by atoms with Crippen molar-refractivity contribution in [3.8, 4) is 0 Å². The highest BCUT2D eigenvalue weighted by molar-refractivity contribution is 5.86. The van der Waals surface area contributed by atoms with Gasteiger partial charge in [0.2, 0.25) is 0 Å². The fourth-order valence-corrected chi connectivity index (χ4v) is 1.60. The lowest BCUT2D eigenvalue weighted by Crippen LogP contribution is -2.37. The Morgan fingerprint density at radius 2 is 2.09 bits per heavy atom. The lowest BCUT2D eigenvalue weighted by molar-refractivity contribution is -0.124. The zero-order valence-corrected chi connectivity index (χ0v) is 6.62. The minimum atomic E-state index is -0.641. The fourth-order valence-electron chi connectivity index (χ4n) is 1.60. The Labute approximate surface area is 66.6 Å². The second-order valence-electron chi connectivity index (χ2n) is 3.17. The average Bonchev–Trinajstić information content (AvgIpc) is 2.53. The minimum Gasteiger partial charge on any atom is -0.394 e. The van der Waals surface area contributed by atoms with Crippen molar-refractivity contribution in [1.82, 2.24) is 0 Å². The number of carbonyl (C=O) groups excluding carboxylic acids is 1. The van der Waals surface area contributed by atoms with Gasteiger partial charge < -0.3 is 10.8 Å². The van der Waals surface area contributed by atoms with E-state index < -0.39 is 6.04 Å². The Kier molecular flexibility index (Phi) is 3.02. The van der Waals surface area contributed by atoms with Crippen molar-refractivity contribution in [3.05, 3.63) is 0 Å². The molecule has 0 bridgehead atoms. The molecule has 0 radical (unpaired) electrons. The third kappa shape index (κ3) is 2.01. The van der Waals surface area contributed by atoms with Crippen LogP contribution in [0.4, 0.5) is 0 Å². The largest absolute Gasteiger partial charge is 0.394 e. The Balaban J connectivity index is 2.39. The molecule has 64 valence electrons. The van der Waals surface area contributed by atoms with Crippen LogP contribution in [-0.2, 0) is 4.79 Å². The predicted molar refractivity (Wildman–Crippen MR) is 42.0 cm³/mol. The summed E-state index contributed by atoms with van der Waals surface area (Å²) in [5.74, 6) is 0.183. The van der Waals surface area contributed by atoms with Gasteiger partial charge in [0.25, 0.3) is 0 Å². The molecule has 1 unspecified atom stereocenters. The highest BCUT2D eigenvalue weighted by Gasteiger charge is 2.26. The summed E-state index contributed by atoms with van der Waals surface area (Å²) in [5, 5.41) is 8.62. The fraction of sp³-hybridized carbons (Fsp3) is 0.875. The Morgan fingerprint density at radius 1 is 1.55 bits per heavy atom. The molecular weight excluding hydrogens is 142 g/mol. The molecule has 1 saturated carbocycles. The molecule has 1 aliphatic rings. The van der Waals surface area contributed by atoms with Crippen molar-refractivity contribution in [2.24, 2.45) is 11.7 Å². The summed E-state index contributed by atoms with van der Waals surface area (Å²) >= 11 is 0. The van der Waals surface area contributed by atoms with Gasteiger partial charge in [0.05, 0.1) is 12.6 Å². The first-order chi connectivity index (χ1) is 5.25. The summed E-state index contributed by atoms with van der Waals surface area (Å²) in [6.45, 7) is -0.213. The van der Waals surface area contributed by atoms with Crippen LogP contribution in [0.15, 0.2) is 0 Å². The van der Waals surface area contributed by atoms with Gasteiger partial charge in [0, 0.05) is 5.92 Å². The van der Waals surface area contributed by atoms with E-state index in [0.29, 0.717) is 0 Å². The number of ketones is 1. The molecule has 3 nitrogen and oxygen atoms in total. The van der Waals surface area contributed by atoms with Crippen LogP contribution in [0.2, 0.25) is 0 Å². The molecule has 0 spiro atoms. The zero-order valence-electron chi connectivity index (χ0n) is 6.62. The number of hydrogen-bond acceptors (Lipinski definition) is 3. The third-order valence-electron chi connectivity index (χ3n) is 2.32. The Morgan fingerprint density at radius 3 is 2.55 bits per heavy atom. The number of nitrogens with two attached hydrogens (primary N) is 1. The molecule has 0 amide bonds. The summed E-state index contributed by atoms with van der Waals surface area (Å²) in [5.41, 5.74) is 5.40. The maximum absolute atomic E-state index is 11.3. The molecule has 0 aromatic rings. The molecular formula is C8H15NO2. The topological polar surface area (TPSA) is 63.3 Å². The molecule has 0 saturated heterocycles. The van der Waals surface area contributed by atoms with E-state index in [4.69, 9.17) is 10.8 Å². The second kappa shape index (κ2) is 3.83. The van der Waals surface area contributed by atoms with Gasteiger partial charge in [-0.05, 0) is 12.8 Å². The molecule has 0 aromatic heterocycles. The van der Waals surface area contributed by atoms with Gasteiger partial charge in [-0.15, -0.1) is 0 Å². The summed E-state index contributed by atoms with van der Waals surface area (Å²) < 4.78 is 0. The molecule has 1 rings (SSSR count). The predicted octanol–water partition coefficient (Wildman–Crippen LogP) is 0.0653. The monoisotopic (exact) mass is 157 g/mol. The van der Waals surface area contributed by atoms with E-state index in [2.05, 4.69) is 0 Å².